The lowest BCUT2D eigenvalue weighted by Gasteiger charge is -2.37. The first-order chi connectivity index (χ1) is 10.3. The molecule has 21 heavy (non-hydrogen) atoms. The molecule has 0 atom stereocenters. The van der Waals surface area contributed by atoms with E-state index < -0.39 is 0 Å². The van der Waals surface area contributed by atoms with Gasteiger partial charge in [-0.1, -0.05) is 6.07 Å². The van der Waals surface area contributed by atoms with Gasteiger partial charge in [-0.2, -0.15) is 0 Å². The van der Waals surface area contributed by atoms with Gasteiger partial charge in [0.1, 0.15) is 11.6 Å². The SMILES string of the molecule is OCc1cc(F)ccc1N1CCN(c2ccccn2)CC1. The monoisotopic (exact) mass is 287 g/mol. The lowest BCUT2D eigenvalue weighted by Crippen LogP contribution is -2.47. The molecule has 0 radical (unpaired) electrons. The van der Waals surface area contributed by atoms with Crippen LogP contribution >= 0.6 is 0 Å². The maximum atomic E-state index is 13.2. The molecule has 3 rings (SSSR count). The predicted molar refractivity (Wildman–Crippen MR) is 81.0 cm³/mol. The first-order valence-electron chi connectivity index (χ1n) is 7.08. The molecule has 2 heterocycles. The summed E-state index contributed by atoms with van der Waals surface area (Å²) in [5.41, 5.74) is 1.56. The maximum absolute atomic E-state index is 13.2. The van der Waals surface area contributed by atoms with Gasteiger partial charge in [0.15, 0.2) is 0 Å². The Bertz CT molecular complexity index is 598. The standard InChI is InChI=1S/C16H18FN3O/c17-14-4-5-15(13(11-14)12-21)19-7-9-20(10-8-19)16-3-1-2-6-18-16/h1-6,11,21H,7-10,12H2. The van der Waals surface area contributed by atoms with Gasteiger partial charge in [-0.25, -0.2) is 9.37 Å². The van der Waals surface area contributed by atoms with E-state index >= 15 is 0 Å². The molecule has 0 saturated carbocycles. The van der Waals surface area contributed by atoms with Crippen molar-refractivity contribution in [2.75, 3.05) is 36.0 Å². The van der Waals surface area contributed by atoms with E-state index in [9.17, 15) is 9.50 Å². The highest BCUT2D eigenvalue weighted by Crippen LogP contribution is 2.24. The molecule has 1 fully saturated rings. The molecule has 1 aromatic heterocycles. The summed E-state index contributed by atoms with van der Waals surface area (Å²) >= 11 is 0. The van der Waals surface area contributed by atoms with Crippen molar-refractivity contribution >= 4 is 11.5 Å². The number of aliphatic hydroxyl groups is 1. The van der Waals surface area contributed by atoms with E-state index in [1.165, 1.54) is 12.1 Å². The van der Waals surface area contributed by atoms with Gasteiger partial charge in [0.25, 0.3) is 0 Å². The van der Waals surface area contributed by atoms with Crippen LogP contribution in [0.1, 0.15) is 5.56 Å². The predicted octanol–water partition coefficient (Wildman–Crippen LogP) is 2.04. The second-order valence-electron chi connectivity index (χ2n) is 5.09. The maximum Gasteiger partial charge on any atom is 0.128 e. The Kier molecular flexibility index (Phi) is 4.01. The Morgan fingerprint density at radius 1 is 1.05 bits per heavy atom. The summed E-state index contributed by atoms with van der Waals surface area (Å²) in [6.07, 6.45) is 1.80. The second kappa shape index (κ2) is 6.10. The van der Waals surface area contributed by atoms with Gasteiger partial charge in [-0.05, 0) is 30.3 Å². The minimum absolute atomic E-state index is 0.145. The smallest absolute Gasteiger partial charge is 0.128 e. The zero-order chi connectivity index (χ0) is 14.7. The van der Waals surface area contributed by atoms with Crippen LogP contribution in [0.2, 0.25) is 0 Å². The van der Waals surface area contributed by atoms with Crippen molar-refractivity contribution in [2.24, 2.45) is 0 Å². The summed E-state index contributed by atoms with van der Waals surface area (Å²) in [4.78, 5) is 8.78. The summed E-state index contributed by atoms with van der Waals surface area (Å²) < 4.78 is 13.2. The van der Waals surface area contributed by atoms with E-state index in [-0.39, 0.29) is 12.4 Å². The van der Waals surface area contributed by atoms with Gasteiger partial charge in [0.2, 0.25) is 0 Å². The van der Waals surface area contributed by atoms with Gasteiger partial charge >= 0.3 is 0 Å². The number of benzene rings is 1. The number of piperazine rings is 1. The molecular weight excluding hydrogens is 269 g/mol. The Balaban J connectivity index is 1.71. The molecule has 1 aliphatic rings. The van der Waals surface area contributed by atoms with E-state index in [1.807, 2.05) is 18.2 Å². The van der Waals surface area contributed by atoms with Gasteiger partial charge < -0.3 is 14.9 Å². The lowest BCUT2D eigenvalue weighted by molar-refractivity contribution is 0.281. The molecule has 2 aromatic rings. The Hall–Kier alpha value is -2.14. The minimum Gasteiger partial charge on any atom is -0.392 e. The lowest BCUT2D eigenvalue weighted by atomic mass is 10.1. The van der Waals surface area contributed by atoms with Crippen LogP contribution < -0.4 is 9.80 Å². The quantitative estimate of drug-likeness (QED) is 0.938. The Morgan fingerprint density at radius 2 is 1.81 bits per heavy atom. The van der Waals surface area contributed by atoms with Crippen LogP contribution in [0.5, 0.6) is 0 Å². The van der Waals surface area contributed by atoms with E-state index in [0.717, 1.165) is 37.7 Å². The van der Waals surface area contributed by atoms with Crippen molar-refractivity contribution in [1.82, 2.24) is 4.98 Å². The van der Waals surface area contributed by atoms with Crippen molar-refractivity contribution in [3.63, 3.8) is 0 Å². The van der Waals surface area contributed by atoms with E-state index in [4.69, 9.17) is 0 Å². The molecule has 1 aromatic carbocycles. The summed E-state index contributed by atoms with van der Waals surface area (Å²) in [6.45, 7) is 3.23. The average molecular weight is 287 g/mol. The molecule has 0 unspecified atom stereocenters. The zero-order valence-corrected chi connectivity index (χ0v) is 11.7. The zero-order valence-electron chi connectivity index (χ0n) is 11.7. The molecule has 0 aliphatic carbocycles. The van der Waals surface area contributed by atoms with Crippen LogP contribution in [0.4, 0.5) is 15.9 Å². The van der Waals surface area contributed by atoms with Crippen molar-refractivity contribution < 1.29 is 9.50 Å². The first kappa shape index (κ1) is 13.8. The van der Waals surface area contributed by atoms with Crippen molar-refractivity contribution in [2.45, 2.75) is 6.61 Å². The topological polar surface area (TPSA) is 39.6 Å². The number of aromatic nitrogens is 1. The molecule has 110 valence electrons. The van der Waals surface area contributed by atoms with Gasteiger partial charge in [-0.15, -0.1) is 0 Å². The second-order valence-corrected chi connectivity index (χ2v) is 5.09. The van der Waals surface area contributed by atoms with Crippen LogP contribution in [0.25, 0.3) is 0 Å². The fourth-order valence-corrected chi connectivity index (χ4v) is 2.71. The summed E-state index contributed by atoms with van der Waals surface area (Å²) in [5.74, 6) is 0.675. The number of hydrogen-bond acceptors (Lipinski definition) is 4. The fourth-order valence-electron chi connectivity index (χ4n) is 2.71. The van der Waals surface area contributed by atoms with Crippen molar-refractivity contribution in [3.05, 3.63) is 54.0 Å². The number of pyridine rings is 1. The number of anilines is 2. The largest absolute Gasteiger partial charge is 0.392 e. The van der Waals surface area contributed by atoms with Gasteiger partial charge in [-0.3, -0.25) is 0 Å². The Labute approximate surface area is 123 Å². The number of nitrogens with zero attached hydrogens (tertiary/aromatic N) is 3. The highest BCUT2D eigenvalue weighted by Gasteiger charge is 2.20. The fraction of sp³-hybridized carbons (Fsp3) is 0.312. The normalized spacial score (nSPS) is 15.3. The van der Waals surface area contributed by atoms with Crippen LogP contribution in [0.3, 0.4) is 0 Å². The number of halogens is 1. The summed E-state index contributed by atoms with van der Waals surface area (Å²) in [5, 5.41) is 9.39. The van der Waals surface area contributed by atoms with E-state index in [0.29, 0.717) is 5.56 Å². The van der Waals surface area contributed by atoms with E-state index in [2.05, 4.69) is 14.8 Å². The van der Waals surface area contributed by atoms with Crippen LogP contribution in [0, 0.1) is 5.82 Å². The first-order valence-corrected chi connectivity index (χ1v) is 7.08. The number of hydrogen-bond donors (Lipinski definition) is 1. The molecule has 1 N–H and O–H groups in total. The number of aliphatic hydroxyl groups excluding tert-OH is 1. The highest BCUT2D eigenvalue weighted by molar-refractivity contribution is 5.55. The average Bonchev–Trinajstić information content (AvgIpc) is 2.56. The highest BCUT2D eigenvalue weighted by atomic mass is 19.1. The van der Waals surface area contributed by atoms with Crippen LogP contribution in [0.15, 0.2) is 42.6 Å². The molecule has 4 nitrogen and oxygen atoms in total. The molecule has 1 aliphatic heterocycles. The van der Waals surface area contributed by atoms with E-state index in [1.54, 1.807) is 12.3 Å². The Morgan fingerprint density at radius 3 is 2.48 bits per heavy atom. The van der Waals surface area contributed by atoms with Crippen molar-refractivity contribution in [3.8, 4) is 0 Å². The third kappa shape index (κ3) is 2.97. The molecular formula is C16H18FN3O. The van der Waals surface area contributed by atoms with Crippen LogP contribution in [-0.2, 0) is 6.61 Å². The third-order valence-corrected chi connectivity index (χ3v) is 3.81. The molecule has 5 heteroatoms. The molecule has 1 saturated heterocycles. The van der Waals surface area contributed by atoms with Crippen LogP contribution in [-0.4, -0.2) is 36.3 Å². The van der Waals surface area contributed by atoms with Crippen molar-refractivity contribution in [1.29, 1.82) is 0 Å². The summed E-state index contributed by atoms with van der Waals surface area (Å²) in [7, 11) is 0. The molecule has 0 amide bonds. The molecule has 0 spiro atoms. The van der Waals surface area contributed by atoms with Gasteiger partial charge in [0, 0.05) is 43.6 Å². The minimum atomic E-state index is -0.310. The third-order valence-electron chi connectivity index (χ3n) is 3.81. The van der Waals surface area contributed by atoms with Gasteiger partial charge in [0.05, 0.1) is 6.61 Å². The molecule has 0 bridgehead atoms. The number of rotatable bonds is 3. The summed E-state index contributed by atoms with van der Waals surface area (Å²) in [6, 6.07) is 10.5.